The van der Waals surface area contributed by atoms with Crippen LogP contribution in [0.1, 0.15) is 11.3 Å². The van der Waals surface area contributed by atoms with Gasteiger partial charge in [-0.1, -0.05) is 11.6 Å². The molecule has 0 aliphatic rings. The van der Waals surface area contributed by atoms with Crippen LogP contribution in [0.2, 0.25) is 5.02 Å². The lowest BCUT2D eigenvalue weighted by molar-refractivity contribution is -0.145. The molecule has 0 fully saturated rings. The first kappa shape index (κ1) is 19.3. The van der Waals surface area contributed by atoms with Gasteiger partial charge in [0.1, 0.15) is 11.5 Å². The van der Waals surface area contributed by atoms with Gasteiger partial charge in [0.2, 0.25) is 0 Å². The molecule has 0 bridgehead atoms. The minimum atomic E-state index is -5.19. The predicted octanol–water partition coefficient (Wildman–Crippen LogP) is 4.57. The number of pyridine rings is 1. The Morgan fingerprint density at radius 3 is 1.96 bits per heavy atom. The average Bonchev–Trinajstić information content (AvgIpc) is 2.45. The molecule has 4 nitrogen and oxygen atoms in total. The fourth-order valence-corrected chi connectivity index (χ4v) is 2.82. The van der Waals surface area contributed by atoms with Crippen LogP contribution in [0.4, 0.5) is 32.2 Å². The zero-order valence-corrected chi connectivity index (χ0v) is 13.4. The number of rotatable bonds is 3. The summed E-state index contributed by atoms with van der Waals surface area (Å²) < 4.78 is 102. The van der Waals surface area contributed by atoms with Crippen molar-refractivity contribution in [3.05, 3.63) is 52.7 Å². The Hall–Kier alpha value is -2.01. The Morgan fingerprint density at radius 1 is 0.920 bits per heavy atom. The molecule has 1 heterocycles. The maximum atomic E-state index is 12.7. The number of benzene rings is 1. The summed E-state index contributed by atoms with van der Waals surface area (Å²) in [4.78, 5) is 2.49. The molecule has 2 aromatic rings. The third kappa shape index (κ3) is 4.75. The number of alkyl halides is 6. The van der Waals surface area contributed by atoms with Crippen molar-refractivity contribution in [1.82, 2.24) is 4.98 Å². The molecule has 12 heteroatoms. The largest absolute Gasteiger partial charge is 0.433 e. The van der Waals surface area contributed by atoms with E-state index in [1.54, 1.807) is 4.72 Å². The van der Waals surface area contributed by atoms with E-state index in [4.69, 9.17) is 11.6 Å². The molecule has 0 aliphatic carbocycles. The summed E-state index contributed by atoms with van der Waals surface area (Å²) in [5.41, 5.74) is -3.57. The van der Waals surface area contributed by atoms with Gasteiger partial charge in [0.25, 0.3) is 10.0 Å². The molecule has 136 valence electrons. The molecular weight excluding hydrogens is 398 g/mol. The summed E-state index contributed by atoms with van der Waals surface area (Å²) in [7, 11) is -4.46. The number of hydrogen-bond donors (Lipinski definition) is 1. The number of anilines is 1. The molecule has 0 unspecified atom stereocenters. The molecule has 1 aromatic heterocycles. The molecule has 1 N–H and O–H groups in total. The van der Waals surface area contributed by atoms with Gasteiger partial charge in [0, 0.05) is 5.02 Å². The lowest BCUT2D eigenvalue weighted by Gasteiger charge is -2.14. The lowest BCUT2D eigenvalue weighted by atomic mass is 10.2. The van der Waals surface area contributed by atoms with Crippen LogP contribution >= 0.6 is 11.6 Å². The normalized spacial score (nSPS) is 12.9. The predicted molar refractivity (Wildman–Crippen MR) is 76.5 cm³/mol. The second kappa shape index (κ2) is 6.37. The Bertz CT molecular complexity index is 847. The topological polar surface area (TPSA) is 59.1 Å². The third-order valence-corrected chi connectivity index (χ3v) is 4.43. The van der Waals surface area contributed by atoms with Gasteiger partial charge in [-0.05, 0) is 36.4 Å². The third-order valence-electron chi connectivity index (χ3n) is 2.81. The number of aromatic nitrogens is 1. The van der Waals surface area contributed by atoms with Gasteiger partial charge in [0.05, 0.1) is 10.5 Å². The Morgan fingerprint density at radius 2 is 1.48 bits per heavy atom. The molecule has 25 heavy (non-hydrogen) atoms. The summed E-state index contributed by atoms with van der Waals surface area (Å²) in [6.07, 6.45) is -10.3. The molecule has 0 spiro atoms. The van der Waals surface area contributed by atoms with E-state index in [2.05, 4.69) is 4.98 Å². The van der Waals surface area contributed by atoms with E-state index in [0.717, 1.165) is 12.1 Å². The van der Waals surface area contributed by atoms with E-state index in [9.17, 15) is 34.8 Å². The molecule has 0 aliphatic heterocycles. The van der Waals surface area contributed by atoms with Gasteiger partial charge in [-0.2, -0.15) is 26.3 Å². The molecule has 0 radical (unpaired) electrons. The van der Waals surface area contributed by atoms with Crippen molar-refractivity contribution in [3.63, 3.8) is 0 Å². The van der Waals surface area contributed by atoms with E-state index >= 15 is 0 Å². The molecule has 0 amide bonds. The standard InChI is InChI=1S/C13H7ClF6N2O2S/c14-8-1-3-9(4-2-8)25(23,24)22-11-6-7(12(15,16)17)5-10(21-11)13(18,19)20/h1-6H,(H,21,22). The van der Waals surface area contributed by atoms with E-state index in [1.165, 1.54) is 12.1 Å². The Labute approximate surface area is 142 Å². The Kier molecular flexibility index (Phi) is 4.92. The van der Waals surface area contributed by atoms with Gasteiger partial charge in [-0.15, -0.1) is 0 Å². The van der Waals surface area contributed by atoms with E-state index in [0.29, 0.717) is 0 Å². The highest BCUT2D eigenvalue weighted by molar-refractivity contribution is 7.92. The van der Waals surface area contributed by atoms with Crippen molar-refractivity contribution in [2.24, 2.45) is 0 Å². The van der Waals surface area contributed by atoms with Crippen LogP contribution in [0.25, 0.3) is 0 Å². The molecule has 0 saturated heterocycles. The Balaban J connectivity index is 2.49. The highest BCUT2D eigenvalue weighted by Gasteiger charge is 2.38. The van der Waals surface area contributed by atoms with Gasteiger partial charge in [0.15, 0.2) is 0 Å². The maximum absolute atomic E-state index is 12.7. The number of nitrogens with zero attached hydrogens (tertiary/aromatic N) is 1. The molecule has 0 atom stereocenters. The van der Waals surface area contributed by atoms with Crippen LogP contribution in [0.5, 0.6) is 0 Å². The van der Waals surface area contributed by atoms with Crippen molar-refractivity contribution < 1.29 is 34.8 Å². The van der Waals surface area contributed by atoms with Gasteiger partial charge in [-0.3, -0.25) is 4.72 Å². The first-order valence-corrected chi connectivity index (χ1v) is 8.10. The minimum Gasteiger partial charge on any atom is -0.263 e. The summed E-state index contributed by atoms with van der Waals surface area (Å²) in [5, 5.41) is 0.190. The summed E-state index contributed by atoms with van der Waals surface area (Å²) >= 11 is 5.59. The monoisotopic (exact) mass is 404 g/mol. The quantitative estimate of drug-likeness (QED) is 0.762. The summed E-state index contributed by atoms with van der Waals surface area (Å²) in [5.74, 6) is -1.11. The summed E-state index contributed by atoms with van der Waals surface area (Å²) in [6.45, 7) is 0. The smallest absolute Gasteiger partial charge is 0.263 e. The van der Waals surface area contributed by atoms with Crippen LogP contribution in [-0.4, -0.2) is 13.4 Å². The zero-order valence-electron chi connectivity index (χ0n) is 11.8. The first-order chi connectivity index (χ1) is 11.3. The number of sulfonamides is 1. The summed E-state index contributed by atoms with van der Waals surface area (Å²) in [6, 6.07) is 4.41. The fraction of sp³-hybridized carbons (Fsp3) is 0.154. The van der Waals surface area contributed by atoms with E-state index in [-0.39, 0.29) is 17.2 Å². The highest BCUT2D eigenvalue weighted by Crippen LogP contribution is 2.36. The van der Waals surface area contributed by atoms with Crippen LogP contribution in [0.3, 0.4) is 0 Å². The van der Waals surface area contributed by atoms with Crippen LogP contribution in [-0.2, 0) is 22.4 Å². The van der Waals surface area contributed by atoms with Gasteiger partial charge in [-0.25, -0.2) is 13.4 Å². The second-order valence-electron chi connectivity index (χ2n) is 4.68. The van der Waals surface area contributed by atoms with Crippen molar-refractivity contribution in [2.75, 3.05) is 4.72 Å². The molecule has 0 saturated carbocycles. The van der Waals surface area contributed by atoms with Crippen LogP contribution < -0.4 is 4.72 Å². The van der Waals surface area contributed by atoms with Crippen molar-refractivity contribution in [3.8, 4) is 0 Å². The van der Waals surface area contributed by atoms with E-state index < -0.39 is 44.3 Å². The lowest BCUT2D eigenvalue weighted by Crippen LogP contribution is -2.18. The molecule has 1 aromatic carbocycles. The van der Waals surface area contributed by atoms with E-state index in [1.807, 2.05) is 0 Å². The van der Waals surface area contributed by atoms with Gasteiger partial charge >= 0.3 is 12.4 Å². The average molecular weight is 405 g/mol. The SMILES string of the molecule is O=S(=O)(Nc1cc(C(F)(F)F)cc(C(F)(F)F)n1)c1ccc(Cl)cc1. The van der Waals surface area contributed by atoms with Crippen molar-refractivity contribution >= 4 is 27.4 Å². The number of nitrogens with one attached hydrogen (secondary N) is 1. The molecular formula is C13H7ClF6N2O2S. The van der Waals surface area contributed by atoms with Crippen molar-refractivity contribution in [1.29, 1.82) is 0 Å². The number of halogens is 7. The zero-order chi connectivity index (χ0) is 19.0. The molecule has 2 rings (SSSR count). The second-order valence-corrected chi connectivity index (χ2v) is 6.80. The van der Waals surface area contributed by atoms with Gasteiger partial charge < -0.3 is 0 Å². The number of hydrogen-bond acceptors (Lipinski definition) is 3. The van der Waals surface area contributed by atoms with Crippen molar-refractivity contribution in [2.45, 2.75) is 17.2 Å². The highest BCUT2D eigenvalue weighted by atomic mass is 35.5. The van der Waals surface area contributed by atoms with Crippen LogP contribution in [0.15, 0.2) is 41.3 Å². The first-order valence-electron chi connectivity index (χ1n) is 6.24. The maximum Gasteiger partial charge on any atom is 0.433 e. The fourth-order valence-electron chi connectivity index (χ4n) is 1.70. The van der Waals surface area contributed by atoms with Crippen LogP contribution in [0, 0.1) is 0 Å². The minimum absolute atomic E-state index is 0.169.